The van der Waals surface area contributed by atoms with Crippen molar-refractivity contribution in [2.45, 2.75) is 13.0 Å². The van der Waals surface area contributed by atoms with Crippen LogP contribution >= 0.6 is 39.1 Å². The van der Waals surface area contributed by atoms with Crippen molar-refractivity contribution in [2.75, 3.05) is 5.73 Å². The van der Waals surface area contributed by atoms with Gasteiger partial charge in [-0.3, -0.25) is 0 Å². The molecule has 3 nitrogen and oxygen atoms in total. The summed E-state index contributed by atoms with van der Waals surface area (Å²) in [5, 5.41) is 1.23. The van der Waals surface area contributed by atoms with Gasteiger partial charge in [-0.25, -0.2) is 4.98 Å². The largest absolute Gasteiger partial charge is 0.369 e. The first-order valence-electron chi connectivity index (χ1n) is 6.35. The maximum absolute atomic E-state index is 6.31. The Balaban J connectivity index is 2.19. The molecule has 3 aromatic rings. The first kappa shape index (κ1) is 14.7. The number of halogens is 3. The van der Waals surface area contributed by atoms with E-state index in [4.69, 9.17) is 28.9 Å². The summed E-state index contributed by atoms with van der Waals surface area (Å²) in [5.41, 5.74) is 8.85. The summed E-state index contributed by atoms with van der Waals surface area (Å²) in [4.78, 5) is 4.40. The van der Waals surface area contributed by atoms with E-state index in [-0.39, 0.29) is 6.04 Å². The van der Waals surface area contributed by atoms with Gasteiger partial charge in [0.15, 0.2) is 0 Å². The van der Waals surface area contributed by atoms with Crippen molar-refractivity contribution in [3.05, 3.63) is 56.5 Å². The summed E-state index contributed by atoms with van der Waals surface area (Å²) in [7, 11) is 0. The normalized spacial score (nSPS) is 12.8. The maximum Gasteiger partial charge on any atom is 0.201 e. The van der Waals surface area contributed by atoms with E-state index >= 15 is 0 Å². The molecule has 1 atom stereocenters. The van der Waals surface area contributed by atoms with Crippen molar-refractivity contribution < 1.29 is 0 Å². The smallest absolute Gasteiger partial charge is 0.201 e. The number of nitrogen functional groups attached to an aromatic ring is 1. The van der Waals surface area contributed by atoms with Crippen LogP contribution < -0.4 is 5.73 Å². The number of hydrogen-bond donors (Lipinski definition) is 1. The Bertz CT molecular complexity index is 829. The van der Waals surface area contributed by atoms with E-state index in [0.717, 1.165) is 21.1 Å². The lowest BCUT2D eigenvalue weighted by Crippen LogP contribution is -2.10. The van der Waals surface area contributed by atoms with Gasteiger partial charge in [-0.15, -0.1) is 0 Å². The van der Waals surface area contributed by atoms with Crippen molar-refractivity contribution in [3.8, 4) is 0 Å². The van der Waals surface area contributed by atoms with Gasteiger partial charge in [-0.2, -0.15) is 0 Å². The molecule has 0 aliphatic carbocycles. The maximum atomic E-state index is 6.31. The van der Waals surface area contributed by atoms with Crippen LogP contribution in [-0.4, -0.2) is 9.55 Å². The van der Waals surface area contributed by atoms with E-state index in [1.54, 1.807) is 6.07 Å². The molecule has 0 aliphatic rings. The van der Waals surface area contributed by atoms with Gasteiger partial charge in [-0.1, -0.05) is 45.2 Å². The molecule has 0 saturated carbocycles. The van der Waals surface area contributed by atoms with Crippen LogP contribution in [0.25, 0.3) is 11.0 Å². The minimum absolute atomic E-state index is 0.0472. The molecular weight excluding hydrogens is 373 g/mol. The highest BCUT2D eigenvalue weighted by molar-refractivity contribution is 9.10. The van der Waals surface area contributed by atoms with Crippen LogP contribution in [0.2, 0.25) is 10.0 Å². The van der Waals surface area contributed by atoms with Crippen LogP contribution in [0.1, 0.15) is 18.5 Å². The minimum Gasteiger partial charge on any atom is -0.369 e. The number of aromatic nitrogens is 2. The summed E-state index contributed by atoms with van der Waals surface area (Å²) in [6.07, 6.45) is 0. The molecule has 21 heavy (non-hydrogen) atoms. The standard InChI is InChI=1S/C15H12BrCl2N3/c1-8(11-4-3-10(17)7-12(11)18)21-14-6-9(16)2-5-13(14)20-15(21)19/h2-8H,1H3,(H2,19,20). The van der Waals surface area contributed by atoms with Gasteiger partial charge < -0.3 is 10.3 Å². The zero-order chi connectivity index (χ0) is 15.1. The summed E-state index contributed by atoms with van der Waals surface area (Å²) in [6.45, 7) is 2.04. The lowest BCUT2D eigenvalue weighted by Gasteiger charge is -2.18. The topological polar surface area (TPSA) is 43.8 Å². The molecule has 0 bridgehead atoms. The van der Waals surface area contributed by atoms with Gasteiger partial charge >= 0.3 is 0 Å². The summed E-state index contributed by atoms with van der Waals surface area (Å²) >= 11 is 15.7. The van der Waals surface area contributed by atoms with Crippen molar-refractivity contribution in [3.63, 3.8) is 0 Å². The molecule has 0 saturated heterocycles. The van der Waals surface area contributed by atoms with E-state index in [2.05, 4.69) is 20.9 Å². The second-order valence-electron chi connectivity index (χ2n) is 4.81. The zero-order valence-corrected chi connectivity index (χ0v) is 14.2. The molecule has 1 aromatic heterocycles. The number of rotatable bonds is 2. The van der Waals surface area contributed by atoms with E-state index in [0.29, 0.717) is 16.0 Å². The minimum atomic E-state index is -0.0472. The van der Waals surface area contributed by atoms with Gasteiger partial charge in [-0.05, 0) is 42.8 Å². The molecular formula is C15H12BrCl2N3. The molecule has 0 fully saturated rings. The Morgan fingerprint density at radius 3 is 2.67 bits per heavy atom. The van der Waals surface area contributed by atoms with E-state index in [9.17, 15) is 0 Å². The van der Waals surface area contributed by atoms with Gasteiger partial charge in [0.2, 0.25) is 5.95 Å². The van der Waals surface area contributed by atoms with E-state index < -0.39 is 0 Å². The Hall–Kier alpha value is -1.23. The van der Waals surface area contributed by atoms with Crippen LogP contribution in [0, 0.1) is 0 Å². The predicted molar refractivity (Wildman–Crippen MR) is 92.1 cm³/mol. The van der Waals surface area contributed by atoms with Crippen LogP contribution in [0.15, 0.2) is 40.9 Å². The number of nitrogens with zero attached hydrogens (tertiary/aromatic N) is 2. The van der Waals surface area contributed by atoms with Crippen LogP contribution in [-0.2, 0) is 0 Å². The summed E-state index contributed by atoms with van der Waals surface area (Å²) in [5.74, 6) is 0.460. The Labute approximate surface area is 140 Å². The average Bonchev–Trinajstić information content (AvgIpc) is 2.73. The monoisotopic (exact) mass is 383 g/mol. The quantitative estimate of drug-likeness (QED) is 0.651. The van der Waals surface area contributed by atoms with E-state index in [1.807, 2.05) is 41.8 Å². The van der Waals surface area contributed by atoms with Gasteiger partial charge in [0.05, 0.1) is 17.1 Å². The van der Waals surface area contributed by atoms with Crippen molar-refractivity contribution >= 4 is 56.1 Å². The third-order valence-corrected chi connectivity index (χ3v) is 4.53. The zero-order valence-electron chi connectivity index (χ0n) is 11.1. The van der Waals surface area contributed by atoms with Crippen LogP contribution in [0.4, 0.5) is 5.95 Å². The highest BCUT2D eigenvalue weighted by Gasteiger charge is 2.18. The number of nitrogens with two attached hydrogens (primary N) is 1. The van der Waals surface area contributed by atoms with Crippen LogP contribution in [0.5, 0.6) is 0 Å². The third-order valence-electron chi connectivity index (χ3n) is 3.48. The van der Waals surface area contributed by atoms with E-state index in [1.165, 1.54) is 0 Å². The predicted octanol–water partition coefficient (Wildman–Crippen LogP) is 5.30. The highest BCUT2D eigenvalue weighted by Crippen LogP contribution is 2.33. The molecule has 3 rings (SSSR count). The van der Waals surface area contributed by atoms with Gasteiger partial charge in [0.1, 0.15) is 0 Å². The number of hydrogen-bond acceptors (Lipinski definition) is 2. The lowest BCUT2D eigenvalue weighted by molar-refractivity contribution is 0.668. The second-order valence-corrected chi connectivity index (χ2v) is 6.57. The number of benzene rings is 2. The third kappa shape index (κ3) is 2.63. The fourth-order valence-corrected chi connectivity index (χ4v) is 3.39. The molecule has 0 aliphatic heterocycles. The molecule has 0 spiro atoms. The molecule has 0 amide bonds. The first-order chi connectivity index (χ1) is 9.97. The fourth-order valence-electron chi connectivity index (χ4n) is 2.47. The Morgan fingerprint density at radius 2 is 1.95 bits per heavy atom. The summed E-state index contributed by atoms with van der Waals surface area (Å²) in [6, 6.07) is 11.3. The molecule has 1 heterocycles. The van der Waals surface area contributed by atoms with Gasteiger partial charge in [0, 0.05) is 14.5 Å². The van der Waals surface area contributed by atoms with Crippen molar-refractivity contribution in [1.82, 2.24) is 9.55 Å². The molecule has 2 N–H and O–H groups in total. The van der Waals surface area contributed by atoms with Crippen molar-refractivity contribution in [2.24, 2.45) is 0 Å². The van der Waals surface area contributed by atoms with Gasteiger partial charge in [0.25, 0.3) is 0 Å². The molecule has 0 radical (unpaired) electrons. The summed E-state index contributed by atoms with van der Waals surface area (Å²) < 4.78 is 2.94. The second kappa shape index (κ2) is 5.52. The number of fused-ring (bicyclic) bond motifs is 1. The lowest BCUT2D eigenvalue weighted by atomic mass is 10.1. The SMILES string of the molecule is CC(c1ccc(Cl)cc1Cl)n1c(N)nc2ccc(Br)cc21. The van der Waals surface area contributed by atoms with Crippen molar-refractivity contribution in [1.29, 1.82) is 0 Å². The molecule has 108 valence electrons. The number of imidazole rings is 1. The fraction of sp³-hybridized carbons (Fsp3) is 0.133. The molecule has 2 aromatic carbocycles. The average molecular weight is 385 g/mol. The highest BCUT2D eigenvalue weighted by atomic mass is 79.9. The Kier molecular flexibility index (Phi) is 3.86. The Morgan fingerprint density at radius 1 is 1.19 bits per heavy atom. The van der Waals surface area contributed by atoms with Crippen LogP contribution in [0.3, 0.4) is 0 Å². The first-order valence-corrected chi connectivity index (χ1v) is 7.90. The molecule has 6 heteroatoms. The number of anilines is 1. The molecule has 1 unspecified atom stereocenters.